The Balaban J connectivity index is 1.40. The number of fused-ring (bicyclic) bond motifs is 3. The molecule has 4 heterocycles. The highest BCUT2D eigenvalue weighted by Crippen LogP contribution is 2.39. The Morgan fingerprint density at radius 3 is 2.45 bits per heavy atom. The fourth-order valence-corrected chi connectivity index (χ4v) is 4.78. The first-order valence-electron chi connectivity index (χ1n) is 12.2. The maximum absolute atomic E-state index is 13.6. The molecule has 4 aromatic rings. The van der Waals surface area contributed by atoms with Gasteiger partial charge in [-0.3, -0.25) is 14.6 Å². The largest absolute Gasteiger partial charge is 0.340 e. The van der Waals surface area contributed by atoms with E-state index in [2.05, 4.69) is 10.3 Å². The van der Waals surface area contributed by atoms with Crippen LogP contribution in [0.15, 0.2) is 71.7 Å². The molecule has 2 aromatic heterocycles. The number of nitrogens with zero attached hydrogens (tertiary/aromatic N) is 6. The van der Waals surface area contributed by atoms with Crippen molar-refractivity contribution in [2.75, 3.05) is 23.8 Å². The number of aromatic nitrogens is 3. The van der Waals surface area contributed by atoms with Gasteiger partial charge in [0.15, 0.2) is 5.82 Å². The molecule has 0 fully saturated rings. The normalized spacial score (nSPS) is 15.8. The lowest BCUT2D eigenvalue weighted by Crippen LogP contribution is -2.48. The Kier molecular flexibility index (Phi) is 5.48. The summed E-state index contributed by atoms with van der Waals surface area (Å²) in [6, 6.07) is 18.2. The highest BCUT2D eigenvalue weighted by molar-refractivity contribution is 6.20. The van der Waals surface area contributed by atoms with Crippen LogP contribution in [0.25, 0.3) is 11.3 Å². The van der Waals surface area contributed by atoms with E-state index in [1.165, 1.54) is 18.2 Å². The number of guanidine groups is 1. The molecule has 1 amide bonds. The van der Waals surface area contributed by atoms with E-state index >= 15 is 0 Å². The average Bonchev–Trinajstić information content (AvgIpc) is 3.41. The summed E-state index contributed by atoms with van der Waals surface area (Å²) in [5.41, 5.74) is 2.93. The Bertz CT molecular complexity index is 1580. The third-order valence-electron chi connectivity index (χ3n) is 6.60. The third kappa shape index (κ3) is 4.17. The summed E-state index contributed by atoms with van der Waals surface area (Å²) < 4.78 is 28.9. The van der Waals surface area contributed by atoms with Crippen molar-refractivity contribution in [1.29, 1.82) is 0 Å². The number of halogens is 2. The van der Waals surface area contributed by atoms with Crippen LogP contribution in [0.4, 0.5) is 26.1 Å². The van der Waals surface area contributed by atoms with Gasteiger partial charge in [-0.2, -0.15) is 9.49 Å². The van der Waals surface area contributed by atoms with Gasteiger partial charge in [0.05, 0.1) is 24.3 Å². The van der Waals surface area contributed by atoms with Crippen LogP contribution in [-0.4, -0.2) is 50.7 Å². The van der Waals surface area contributed by atoms with E-state index < -0.39 is 5.95 Å². The second-order valence-corrected chi connectivity index (χ2v) is 10.1. The predicted molar refractivity (Wildman–Crippen MR) is 142 cm³/mol. The van der Waals surface area contributed by atoms with Crippen molar-refractivity contribution in [3.63, 3.8) is 0 Å². The predicted octanol–water partition coefficient (Wildman–Crippen LogP) is 5.06. The van der Waals surface area contributed by atoms with E-state index in [-0.39, 0.29) is 17.3 Å². The van der Waals surface area contributed by atoms with E-state index in [1.807, 2.05) is 43.0 Å². The highest BCUT2D eigenvalue weighted by atomic mass is 19.1. The van der Waals surface area contributed by atoms with E-state index in [0.717, 1.165) is 11.1 Å². The van der Waals surface area contributed by atoms with E-state index in [0.29, 0.717) is 47.6 Å². The molecule has 6 rings (SSSR count). The Hall–Kier alpha value is -4.60. The van der Waals surface area contributed by atoms with Crippen LogP contribution in [0.5, 0.6) is 0 Å². The van der Waals surface area contributed by atoms with E-state index in [9.17, 15) is 13.6 Å². The van der Waals surface area contributed by atoms with Crippen LogP contribution in [-0.2, 0) is 6.54 Å². The first-order chi connectivity index (χ1) is 18.2. The Labute approximate surface area is 218 Å². The number of rotatable bonds is 5. The molecule has 10 heteroatoms. The van der Waals surface area contributed by atoms with Gasteiger partial charge in [-0.1, -0.05) is 30.3 Å². The number of hydrogen-bond donors (Lipinski definition) is 1. The zero-order valence-corrected chi connectivity index (χ0v) is 21.1. The molecule has 0 aliphatic carbocycles. The summed E-state index contributed by atoms with van der Waals surface area (Å²) in [7, 11) is 1.71. The number of amides is 1. The second-order valence-electron chi connectivity index (χ2n) is 10.1. The van der Waals surface area contributed by atoms with Crippen molar-refractivity contribution in [3.8, 4) is 11.3 Å². The Morgan fingerprint density at radius 1 is 1.00 bits per heavy atom. The zero-order valence-electron chi connectivity index (χ0n) is 21.1. The lowest BCUT2D eigenvalue weighted by Gasteiger charge is -2.30. The molecule has 192 valence electrons. The molecule has 0 bridgehead atoms. The number of aliphatic imine (C=N–C) groups is 1. The van der Waals surface area contributed by atoms with Crippen molar-refractivity contribution in [1.82, 2.24) is 19.7 Å². The number of carbonyl (C=O) groups is 1. The van der Waals surface area contributed by atoms with Gasteiger partial charge in [-0.05, 0) is 55.8 Å². The second kappa shape index (κ2) is 8.76. The van der Waals surface area contributed by atoms with Gasteiger partial charge in [-0.25, -0.2) is 19.0 Å². The minimum atomic E-state index is -0.534. The molecule has 0 radical (unpaired) electrons. The van der Waals surface area contributed by atoms with Gasteiger partial charge >= 0.3 is 0 Å². The fraction of sp³-hybridized carbons (Fsp3) is 0.214. The first-order valence-corrected chi connectivity index (χ1v) is 12.2. The molecule has 2 aliphatic rings. The van der Waals surface area contributed by atoms with Crippen molar-refractivity contribution >= 4 is 29.2 Å². The minimum absolute atomic E-state index is 0.226. The first kappa shape index (κ1) is 23.8. The van der Waals surface area contributed by atoms with Gasteiger partial charge in [0, 0.05) is 18.3 Å². The molecule has 0 atom stereocenters. The molecular formula is C28H25F2N7O. The number of hydrogen-bond acceptors (Lipinski definition) is 6. The minimum Gasteiger partial charge on any atom is -0.340 e. The number of anilines is 3. The monoisotopic (exact) mass is 513 g/mol. The number of benzene rings is 2. The van der Waals surface area contributed by atoms with Gasteiger partial charge in [0.25, 0.3) is 5.91 Å². The zero-order chi connectivity index (χ0) is 26.6. The summed E-state index contributed by atoms with van der Waals surface area (Å²) in [6.45, 7) is 4.96. The van der Waals surface area contributed by atoms with Crippen molar-refractivity contribution in [2.45, 2.75) is 25.9 Å². The topological polar surface area (TPSA) is 78.7 Å². The third-order valence-corrected chi connectivity index (χ3v) is 6.60. The lowest BCUT2D eigenvalue weighted by atomic mass is 10.1. The van der Waals surface area contributed by atoms with Crippen LogP contribution in [0.3, 0.4) is 0 Å². The van der Waals surface area contributed by atoms with E-state index in [1.54, 1.807) is 40.9 Å². The van der Waals surface area contributed by atoms with Gasteiger partial charge < -0.3 is 5.32 Å². The van der Waals surface area contributed by atoms with Crippen molar-refractivity contribution in [2.24, 2.45) is 4.99 Å². The highest BCUT2D eigenvalue weighted by Gasteiger charge is 2.45. The van der Waals surface area contributed by atoms with Crippen LogP contribution < -0.4 is 10.2 Å². The molecule has 2 aromatic carbocycles. The fourth-order valence-electron chi connectivity index (χ4n) is 4.78. The van der Waals surface area contributed by atoms with Crippen LogP contribution in [0, 0.1) is 11.8 Å². The van der Waals surface area contributed by atoms with E-state index in [4.69, 9.17) is 10.1 Å². The summed E-state index contributed by atoms with van der Waals surface area (Å²) in [5.74, 6) is 0.488. The van der Waals surface area contributed by atoms with Crippen LogP contribution >= 0.6 is 0 Å². The lowest BCUT2D eigenvalue weighted by molar-refractivity contribution is 0.0866. The van der Waals surface area contributed by atoms with Gasteiger partial charge in [0.1, 0.15) is 17.2 Å². The molecule has 0 saturated heterocycles. The molecule has 2 aliphatic heterocycles. The molecular weight excluding hydrogens is 488 g/mol. The smallest absolute Gasteiger partial charge is 0.267 e. The summed E-state index contributed by atoms with van der Waals surface area (Å²) in [6.07, 6.45) is 0. The molecule has 8 nitrogen and oxygen atoms in total. The molecule has 1 N–H and O–H groups in total. The number of carbonyl (C=O) groups excluding carboxylic acids is 1. The number of pyridine rings is 1. The molecule has 0 unspecified atom stereocenters. The maximum atomic E-state index is 13.6. The van der Waals surface area contributed by atoms with Crippen molar-refractivity contribution in [3.05, 3.63) is 89.6 Å². The summed E-state index contributed by atoms with van der Waals surface area (Å²) in [5, 5.41) is 8.15. The van der Waals surface area contributed by atoms with Gasteiger partial charge in [-0.15, -0.1) is 0 Å². The van der Waals surface area contributed by atoms with Crippen LogP contribution in [0.1, 0.15) is 29.8 Å². The van der Waals surface area contributed by atoms with Gasteiger partial charge in [0.2, 0.25) is 11.9 Å². The van der Waals surface area contributed by atoms with Crippen LogP contribution in [0.2, 0.25) is 0 Å². The maximum Gasteiger partial charge on any atom is 0.267 e. The molecule has 0 spiro atoms. The number of nitrogens with one attached hydrogen (secondary N) is 1. The molecule has 0 saturated carbocycles. The van der Waals surface area contributed by atoms with Crippen molar-refractivity contribution < 1.29 is 13.6 Å². The summed E-state index contributed by atoms with van der Waals surface area (Å²) >= 11 is 0. The standard InChI is InChI=1S/C28H25F2N7O/c1-28(2)16-36-25-23(26(38)35(3)27(36)33-28)24(31-20-13-11-19(29)12-14-20)37(34-25)15-17-7-9-18(10-8-17)21-5-4-6-22(30)32-21/h4-14,31H,15-16H2,1-3H3. The Morgan fingerprint density at radius 2 is 1.74 bits per heavy atom. The molecule has 38 heavy (non-hydrogen) atoms. The summed E-state index contributed by atoms with van der Waals surface area (Å²) in [4.78, 5) is 25.7. The average molecular weight is 514 g/mol. The quantitative estimate of drug-likeness (QED) is 0.378. The SMILES string of the molecule is CN1C(=O)c2c(nn(Cc3ccc(-c4cccc(F)n4)cc3)c2Nc2ccc(F)cc2)N2CC(C)(C)N=C12.